The average molecular weight is 919 g/mol. The van der Waals surface area contributed by atoms with Gasteiger partial charge < -0.3 is 19.7 Å². The Hall–Kier alpha value is -8.87. The molecule has 0 amide bonds. The number of hydrogen-bond donors (Lipinski definition) is 1. The monoisotopic (exact) mass is 918 g/mol. The predicted octanol–water partition coefficient (Wildman–Crippen LogP) is 16.9. The fourth-order valence-electron chi connectivity index (χ4n) is 11.3. The summed E-state index contributed by atoms with van der Waals surface area (Å²) in [6.07, 6.45) is 1.94. The average Bonchev–Trinajstić information content (AvgIpc) is 3.90. The number of anilines is 4. The van der Waals surface area contributed by atoms with Crippen LogP contribution in [-0.2, 0) is 10.8 Å². The van der Waals surface area contributed by atoms with Gasteiger partial charge in [0.25, 0.3) is 0 Å². The number of fused-ring (bicyclic) bond motifs is 6. The molecule has 1 aliphatic carbocycles. The van der Waals surface area contributed by atoms with Crippen molar-refractivity contribution in [1.29, 1.82) is 0 Å². The van der Waals surface area contributed by atoms with Crippen molar-refractivity contribution in [2.24, 2.45) is 0 Å². The number of nitrogens with one attached hydrogen (secondary N) is 1. The molecule has 0 bridgehead atoms. The van der Waals surface area contributed by atoms with Crippen LogP contribution >= 0.6 is 0 Å². The van der Waals surface area contributed by atoms with Crippen LogP contribution in [0, 0.1) is 0 Å². The molecule has 1 N–H and O–H groups in total. The zero-order valence-electron chi connectivity index (χ0n) is 40.0. The lowest BCUT2D eigenvalue weighted by Gasteiger charge is -2.40. The summed E-state index contributed by atoms with van der Waals surface area (Å²) >= 11 is 0. The van der Waals surface area contributed by atoms with Crippen molar-refractivity contribution < 1.29 is 9.47 Å². The van der Waals surface area contributed by atoms with Gasteiger partial charge in [-0.05, 0) is 93.9 Å². The molecule has 0 atom stereocenters. The standard InChI is InChI=1S/C65H50N4O2/c1-64(2,3)44-36-37-66-60(38-44)69-56-33-19-30-52-61(56)62-53(65(52)50-28-11-15-34-58(50)71-59-35-16-12-29-51(59)65)40-47(41-57(62)69)70-46-25-17-24-45(39-46)67-54-31-13-14-32-55(54)68(4)63-48(42-20-7-5-8-21-42)26-18-27-49(63)43-22-9-6-10-23-43/h5-41,67H,1-4H3. The first kappa shape index (κ1) is 42.2. The lowest BCUT2D eigenvalue weighted by Crippen LogP contribution is -2.32. The highest BCUT2D eigenvalue weighted by atomic mass is 16.5. The van der Waals surface area contributed by atoms with Crippen LogP contribution in [0.5, 0.6) is 23.0 Å². The smallest absolute Gasteiger partial charge is 0.137 e. The van der Waals surface area contributed by atoms with Crippen LogP contribution in [0.15, 0.2) is 225 Å². The molecule has 0 radical (unpaired) electrons. The Balaban J connectivity index is 0.938. The summed E-state index contributed by atoms with van der Waals surface area (Å²) in [5.74, 6) is 4.02. The number of benzene rings is 9. The van der Waals surface area contributed by atoms with Gasteiger partial charge in [0, 0.05) is 64.1 Å². The first-order valence-electron chi connectivity index (χ1n) is 24.3. The molecule has 0 fully saturated rings. The van der Waals surface area contributed by atoms with Crippen molar-refractivity contribution in [1.82, 2.24) is 9.55 Å². The second-order valence-corrected chi connectivity index (χ2v) is 19.7. The van der Waals surface area contributed by atoms with Gasteiger partial charge in [-0.15, -0.1) is 0 Å². The molecule has 342 valence electrons. The minimum Gasteiger partial charge on any atom is -0.457 e. The summed E-state index contributed by atoms with van der Waals surface area (Å²) in [4.78, 5) is 7.37. The highest BCUT2D eigenvalue weighted by molar-refractivity contribution is 6.18. The number of aromatic nitrogens is 2. The Morgan fingerprint density at radius 1 is 0.535 bits per heavy atom. The number of ether oxygens (including phenoxy) is 2. The van der Waals surface area contributed by atoms with Crippen LogP contribution < -0.4 is 19.7 Å². The molecular weight excluding hydrogens is 869 g/mol. The van der Waals surface area contributed by atoms with Crippen molar-refractivity contribution in [3.63, 3.8) is 0 Å². The van der Waals surface area contributed by atoms with Crippen molar-refractivity contribution in [3.05, 3.63) is 252 Å². The highest BCUT2D eigenvalue weighted by Gasteiger charge is 2.51. The lowest BCUT2D eigenvalue weighted by molar-refractivity contribution is 0.435. The molecule has 2 aromatic heterocycles. The summed E-state index contributed by atoms with van der Waals surface area (Å²) in [5.41, 5.74) is 15.9. The quantitative estimate of drug-likeness (QED) is 0.156. The van der Waals surface area contributed by atoms with Crippen LogP contribution in [0.4, 0.5) is 22.7 Å². The van der Waals surface area contributed by atoms with E-state index in [2.05, 4.69) is 255 Å². The van der Waals surface area contributed by atoms with Gasteiger partial charge in [0.15, 0.2) is 0 Å². The largest absolute Gasteiger partial charge is 0.457 e. The first-order valence-corrected chi connectivity index (χ1v) is 24.3. The second-order valence-electron chi connectivity index (χ2n) is 19.7. The zero-order valence-corrected chi connectivity index (χ0v) is 40.0. The molecule has 9 aromatic carbocycles. The van der Waals surface area contributed by atoms with E-state index in [0.717, 1.165) is 95.8 Å². The first-order chi connectivity index (χ1) is 34.8. The highest BCUT2D eigenvalue weighted by Crippen LogP contribution is 2.63. The van der Waals surface area contributed by atoms with Crippen molar-refractivity contribution in [3.8, 4) is 51.1 Å². The van der Waals surface area contributed by atoms with Gasteiger partial charge in [-0.3, -0.25) is 4.57 Å². The molecule has 0 saturated heterocycles. The topological polar surface area (TPSA) is 51.5 Å². The van der Waals surface area contributed by atoms with Gasteiger partial charge >= 0.3 is 0 Å². The summed E-state index contributed by atoms with van der Waals surface area (Å²) in [5, 5.41) is 6.22. The SMILES string of the molecule is CN(c1ccccc1Nc1cccc(Oc2cc3c4c5c(cccc5n(-c5cc(C(C)(C)C)ccn5)c4c2)C32c3ccccc3Oc3ccccc32)c1)c1c(-c2ccccc2)cccc1-c1ccccc1. The number of hydrogen-bond acceptors (Lipinski definition) is 5. The zero-order chi connectivity index (χ0) is 47.8. The van der Waals surface area contributed by atoms with E-state index in [-0.39, 0.29) is 5.41 Å². The molecule has 71 heavy (non-hydrogen) atoms. The molecule has 6 nitrogen and oxygen atoms in total. The Morgan fingerprint density at radius 2 is 1.14 bits per heavy atom. The lowest BCUT2D eigenvalue weighted by atomic mass is 9.65. The third-order valence-electron chi connectivity index (χ3n) is 14.5. The van der Waals surface area contributed by atoms with Gasteiger partial charge in [0.1, 0.15) is 28.8 Å². The fourth-order valence-corrected chi connectivity index (χ4v) is 11.3. The van der Waals surface area contributed by atoms with E-state index in [0.29, 0.717) is 5.75 Å². The minimum atomic E-state index is -0.661. The maximum absolute atomic E-state index is 7.13. The Bertz CT molecular complexity index is 3770. The molecule has 13 rings (SSSR count). The maximum Gasteiger partial charge on any atom is 0.137 e. The van der Waals surface area contributed by atoms with E-state index in [4.69, 9.17) is 14.5 Å². The fraction of sp³-hybridized carbons (Fsp3) is 0.0923. The molecule has 11 aromatic rings. The van der Waals surface area contributed by atoms with E-state index in [1.54, 1.807) is 0 Å². The summed E-state index contributed by atoms with van der Waals surface area (Å²) in [6.45, 7) is 6.75. The predicted molar refractivity (Wildman–Crippen MR) is 291 cm³/mol. The van der Waals surface area contributed by atoms with Crippen molar-refractivity contribution in [2.75, 3.05) is 17.3 Å². The molecule has 6 heteroatoms. The second kappa shape index (κ2) is 16.4. The summed E-state index contributed by atoms with van der Waals surface area (Å²) in [7, 11) is 2.16. The minimum absolute atomic E-state index is 0.0651. The van der Waals surface area contributed by atoms with Crippen LogP contribution in [0.1, 0.15) is 48.6 Å². The Morgan fingerprint density at radius 3 is 1.85 bits per heavy atom. The van der Waals surface area contributed by atoms with Crippen molar-refractivity contribution in [2.45, 2.75) is 31.6 Å². The molecule has 1 spiro atoms. The Labute approximate surface area is 414 Å². The summed E-state index contributed by atoms with van der Waals surface area (Å²) < 4.78 is 16.2. The van der Waals surface area contributed by atoms with Gasteiger partial charge in [-0.2, -0.15) is 0 Å². The van der Waals surface area contributed by atoms with E-state index in [1.807, 2.05) is 12.3 Å². The third-order valence-corrected chi connectivity index (χ3v) is 14.5. The number of pyridine rings is 1. The third kappa shape index (κ3) is 6.74. The van der Waals surface area contributed by atoms with Crippen LogP contribution in [0.3, 0.4) is 0 Å². The maximum atomic E-state index is 7.13. The van der Waals surface area contributed by atoms with Gasteiger partial charge in [-0.25, -0.2) is 4.98 Å². The molecule has 1 aliphatic heterocycles. The normalized spacial score (nSPS) is 13.0. The Kier molecular flexibility index (Phi) is 9.75. The van der Waals surface area contributed by atoms with Crippen LogP contribution in [0.25, 0.3) is 49.9 Å². The molecule has 3 heterocycles. The number of nitrogens with zero attached hydrogens (tertiary/aromatic N) is 3. The molecule has 2 aliphatic rings. The van der Waals surface area contributed by atoms with Crippen LogP contribution in [-0.4, -0.2) is 16.6 Å². The molecular formula is C65H50N4O2. The van der Waals surface area contributed by atoms with Gasteiger partial charge in [0.2, 0.25) is 0 Å². The van der Waals surface area contributed by atoms with Crippen molar-refractivity contribution >= 4 is 44.6 Å². The van der Waals surface area contributed by atoms with E-state index >= 15 is 0 Å². The summed E-state index contributed by atoms with van der Waals surface area (Å²) in [6, 6.07) is 77.2. The number of rotatable bonds is 9. The number of para-hydroxylation sites is 5. The molecule has 0 unspecified atom stereocenters. The van der Waals surface area contributed by atoms with E-state index in [9.17, 15) is 0 Å². The van der Waals surface area contributed by atoms with Crippen LogP contribution in [0.2, 0.25) is 0 Å². The van der Waals surface area contributed by atoms with E-state index < -0.39 is 5.41 Å². The van der Waals surface area contributed by atoms with Gasteiger partial charge in [0.05, 0.1) is 33.5 Å². The van der Waals surface area contributed by atoms with E-state index in [1.165, 1.54) is 21.9 Å². The van der Waals surface area contributed by atoms with Gasteiger partial charge in [-0.1, -0.05) is 166 Å². The molecule has 0 saturated carbocycles.